The van der Waals surface area contributed by atoms with Gasteiger partial charge in [-0.1, -0.05) is 0 Å². The van der Waals surface area contributed by atoms with Crippen LogP contribution in [-0.4, -0.2) is 119 Å². The van der Waals surface area contributed by atoms with Crippen LogP contribution in [0.1, 0.15) is 67.2 Å². The van der Waals surface area contributed by atoms with Gasteiger partial charge in [0.05, 0.1) is 5.54 Å². The number of hydrogen-bond donors (Lipinski definition) is 2. The van der Waals surface area contributed by atoms with Gasteiger partial charge in [-0.15, -0.1) is 0 Å². The number of piperidine rings is 1. The summed E-state index contributed by atoms with van der Waals surface area (Å²) in [5.74, 6) is 1.02. The smallest absolute Gasteiger partial charge is 0.220 e. The van der Waals surface area contributed by atoms with Crippen molar-refractivity contribution in [1.82, 2.24) is 30.2 Å². The van der Waals surface area contributed by atoms with Crippen LogP contribution in [0.4, 0.5) is 0 Å². The fourth-order valence-electron chi connectivity index (χ4n) is 7.14. The molecule has 0 aromatic rings. The maximum Gasteiger partial charge on any atom is 0.220 e. The number of hydrogen-bond acceptors (Lipinski definition) is 6. The molecule has 4 fully saturated rings. The molecular formula is C27H48N6O3. The molecule has 0 aromatic carbocycles. The van der Waals surface area contributed by atoms with E-state index in [1.54, 1.807) is 13.8 Å². The van der Waals surface area contributed by atoms with Gasteiger partial charge in [0.25, 0.3) is 0 Å². The molecule has 0 aromatic heterocycles. The fraction of sp³-hybridized carbons (Fsp3) is 0.889. The van der Waals surface area contributed by atoms with Gasteiger partial charge in [-0.3, -0.25) is 24.2 Å². The van der Waals surface area contributed by atoms with E-state index in [0.29, 0.717) is 12.3 Å². The fourth-order valence-corrected chi connectivity index (χ4v) is 7.14. The number of rotatable bonds is 7. The first-order valence-electron chi connectivity index (χ1n) is 13.9. The second kappa shape index (κ2) is 10.2. The Bertz CT molecular complexity index is 840. The number of likely N-dealkylation sites (tertiary alicyclic amines) is 2. The molecule has 0 bridgehead atoms. The Labute approximate surface area is 217 Å². The molecule has 2 unspecified atom stereocenters. The lowest BCUT2D eigenvalue weighted by atomic mass is 9.70. The summed E-state index contributed by atoms with van der Waals surface area (Å²) in [6, 6.07) is 0.219. The van der Waals surface area contributed by atoms with Gasteiger partial charge in [-0.25, -0.2) is 0 Å². The van der Waals surface area contributed by atoms with Crippen molar-refractivity contribution in [3.8, 4) is 0 Å². The predicted octanol–water partition coefficient (Wildman–Crippen LogP) is 0.889. The van der Waals surface area contributed by atoms with Gasteiger partial charge < -0.3 is 20.4 Å². The Morgan fingerprint density at radius 2 is 1.53 bits per heavy atom. The molecule has 4 heterocycles. The first-order chi connectivity index (χ1) is 16.9. The third-order valence-electron chi connectivity index (χ3n) is 10.3. The highest BCUT2D eigenvalue weighted by atomic mass is 16.2. The Balaban J connectivity index is 1.49. The maximum absolute atomic E-state index is 12.0. The first-order valence-corrected chi connectivity index (χ1v) is 13.9. The molecule has 0 aliphatic carbocycles. The van der Waals surface area contributed by atoms with Crippen LogP contribution in [0, 0.1) is 5.92 Å². The van der Waals surface area contributed by atoms with E-state index in [-0.39, 0.29) is 40.4 Å². The van der Waals surface area contributed by atoms with Crippen molar-refractivity contribution < 1.29 is 14.4 Å². The van der Waals surface area contributed by atoms with E-state index in [2.05, 4.69) is 48.1 Å². The van der Waals surface area contributed by atoms with E-state index < -0.39 is 0 Å². The molecule has 1 spiro atoms. The molecule has 0 saturated carbocycles. The predicted molar refractivity (Wildman–Crippen MR) is 140 cm³/mol. The number of carbonyl (C=O) groups is 3. The van der Waals surface area contributed by atoms with Crippen LogP contribution in [0.5, 0.6) is 0 Å². The maximum atomic E-state index is 12.0. The van der Waals surface area contributed by atoms with Crippen LogP contribution < -0.4 is 10.6 Å². The standard InChI is InChI=1S/C27H48N6O3/c1-20(28-17-23-18-31(19-23)22(3)35)26(6,25(4,5)32-15-13-30(14-16-32)21(2)34)33-11-9-27(10-12-33)8-7-24(36)29-27/h20,23,28H,7-19H2,1-6H3,(H,29,36). The van der Waals surface area contributed by atoms with E-state index >= 15 is 0 Å². The van der Waals surface area contributed by atoms with E-state index in [9.17, 15) is 14.4 Å². The molecule has 36 heavy (non-hydrogen) atoms. The van der Waals surface area contributed by atoms with Gasteiger partial charge in [0.15, 0.2) is 0 Å². The van der Waals surface area contributed by atoms with Gasteiger partial charge in [0.1, 0.15) is 0 Å². The molecule has 4 saturated heterocycles. The zero-order valence-electron chi connectivity index (χ0n) is 23.4. The molecule has 0 radical (unpaired) electrons. The number of nitrogens with one attached hydrogen (secondary N) is 2. The lowest BCUT2D eigenvalue weighted by Gasteiger charge is -2.61. The molecular weight excluding hydrogens is 456 g/mol. The van der Waals surface area contributed by atoms with Gasteiger partial charge in [-0.05, 0) is 47.0 Å². The zero-order chi connectivity index (χ0) is 26.3. The number of nitrogens with zero attached hydrogens (tertiary/aromatic N) is 4. The average Bonchev–Trinajstić information content (AvgIpc) is 3.17. The Kier molecular flexibility index (Phi) is 7.75. The molecule has 4 rings (SSSR count). The molecule has 2 atom stereocenters. The van der Waals surface area contributed by atoms with Crippen LogP contribution in [0.25, 0.3) is 0 Å². The summed E-state index contributed by atoms with van der Waals surface area (Å²) in [6.07, 6.45) is 3.59. The molecule has 9 nitrogen and oxygen atoms in total. The Morgan fingerprint density at radius 3 is 2.03 bits per heavy atom. The zero-order valence-corrected chi connectivity index (χ0v) is 23.4. The topological polar surface area (TPSA) is 88.2 Å². The quantitative estimate of drug-likeness (QED) is 0.536. The lowest BCUT2D eigenvalue weighted by Crippen LogP contribution is -2.76. The van der Waals surface area contributed by atoms with E-state index in [1.165, 1.54) is 0 Å². The molecule has 3 amide bonds. The molecule has 2 N–H and O–H groups in total. The molecule has 9 heteroatoms. The first kappa shape index (κ1) is 27.3. The van der Waals surface area contributed by atoms with Crippen LogP contribution in [0.2, 0.25) is 0 Å². The van der Waals surface area contributed by atoms with E-state index in [0.717, 1.165) is 78.2 Å². The summed E-state index contributed by atoms with van der Waals surface area (Å²) in [4.78, 5) is 44.7. The second-order valence-corrected chi connectivity index (χ2v) is 12.4. The van der Waals surface area contributed by atoms with Gasteiger partial charge in [-0.2, -0.15) is 0 Å². The van der Waals surface area contributed by atoms with Crippen LogP contribution >= 0.6 is 0 Å². The monoisotopic (exact) mass is 504 g/mol. The summed E-state index contributed by atoms with van der Waals surface area (Å²) in [6.45, 7) is 20.6. The van der Waals surface area contributed by atoms with Crippen LogP contribution in [-0.2, 0) is 14.4 Å². The van der Waals surface area contributed by atoms with E-state index in [1.807, 2.05) is 9.80 Å². The minimum absolute atomic E-state index is 0.0233. The van der Waals surface area contributed by atoms with Crippen molar-refractivity contribution in [3.63, 3.8) is 0 Å². The summed E-state index contributed by atoms with van der Waals surface area (Å²) >= 11 is 0. The third-order valence-corrected chi connectivity index (χ3v) is 10.3. The molecule has 4 aliphatic heterocycles. The van der Waals surface area contributed by atoms with Gasteiger partial charge in [0, 0.05) is 102 Å². The minimum Gasteiger partial charge on any atom is -0.351 e. The summed E-state index contributed by atoms with van der Waals surface area (Å²) in [5, 5.41) is 7.18. The highest BCUT2D eigenvalue weighted by molar-refractivity contribution is 5.79. The third kappa shape index (κ3) is 5.03. The van der Waals surface area contributed by atoms with Crippen molar-refractivity contribution in [2.75, 3.05) is 58.9 Å². The lowest BCUT2D eigenvalue weighted by molar-refractivity contribution is -0.136. The number of amides is 3. The highest BCUT2D eigenvalue weighted by Gasteiger charge is 2.54. The van der Waals surface area contributed by atoms with Gasteiger partial charge in [0.2, 0.25) is 17.7 Å². The molecule has 4 aliphatic rings. The number of carbonyl (C=O) groups excluding carboxylic acids is 3. The van der Waals surface area contributed by atoms with Gasteiger partial charge >= 0.3 is 0 Å². The van der Waals surface area contributed by atoms with Crippen molar-refractivity contribution in [2.45, 2.75) is 89.9 Å². The normalized spacial score (nSPS) is 26.4. The number of piperazine rings is 1. The summed E-state index contributed by atoms with van der Waals surface area (Å²) in [7, 11) is 0. The van der Waals surface area contributed by atoms with Crippen molar-refractivity contribution >= 4 is 17.7 Å². The Morgan fingerprint density at radius 1 is 0.944 bits per heavy atom. The Hall–Kier alpha value is -1.71. The van der Waals surface area contributed by atoms with Crippen molar-refractivity contribution in [2.24, 2.45) is 5.92 Å². The average molecular weight is 505 g/mol. The summed E-state index contributed by atoms with van der Waals surface area (Å²) < 4.78 is 0. The summed E-state index contributed by atoms with van der Waals surface area (Å²) in [5.41, 5.74) is -0.332. The highest BCUT2D eigenvalue weighted by Crippen LogP contribution is 2.41. The van der Waals surface area contributed by atoms with Crippen molar-refractivity contribution in [3.05, 3.63) is 0 Å². The van der Waals surface area contributed by atoms with E-state index in [4.69, 9.17) is 0 Å². The molecule has 204 valence electrons. The second-order valence-electron chi connectivity index (χ2n) is 12.4. The van der Waals surface area contributed by atoms with Crippen molar-refractivity contribution in [1.29, 1.82) is 0 Å². The SMILES string of the molecule is CC(=O)N1CCN(C(C)(C)C(C)(C(C)NCC2CN(C(C)=O)C2)N2CCC3(CCC(=O)N3)CC2)CC1. The largest absolute Gasteiger partial charge is 0.351 e. The van der Waals surface area contributed by atoms with Crippen LogP contribution in [0.3, 0.4) is 0 Å². The van der Waals surface area contributed by atoms with Crippen LogP contribution in [0.15, 0.2) is 0 Å². The minimum atomic E-state index is -0.167.